The maximum absolute atomic E-state index is 12.7. The summed E-state index contributed by atoms with van der Waals surface area (Å²) in [7, 11) is 1.94. The van der Waals surface area contributed by atoms with Crippen LogP contribution in [0.1, 0.15) is 21.7 Å². The molecule has 0 saturated carbocycles. The molecule has 2 aromatic heterocycles. The van der Waals surface area contributed by atoms with Crippen LogP contribution >= 0.6 is 11.8 Å². The van der Waals surface area contributed by atoms with Gasteiger partial charge in [0.1, 0.15) is 0 Å². The summed E-state index contributed by atoms with van der Waals surface area (Å²) >= 11 is 1.51. The Morgan fingerprint density at radius 3 is 2.39 bits per heavy atom. The molecule has 0 radical (unpaired) electrons. The fourth-order valence-corrected chi connectivity index (χ4v) is 4.03. The second kappa shape index (κ2) is 7.48. The van der Waals surface area contributed by atoms with E-state index >= 15 is 0 Å². The summed E-state index contributed by atoms with van der Waals surface area (Å²) in [6, 6.07) is 17.6. The summed E-state index contributed by atoms with van der Waals surface area (Å²) in [5.41, 5.74) is 4.36. The molecule has 140 valence electrons. The molecule has 0 atom stereocenters. The number of aromatic nitrogens is 3. The minimum absolute atomic E-state index is 0.116. The zero-order chi connectivity index (χ0) is 19.7. The number of nitrogens with zero attached hydrogens (tertiary/aromatic N) is 3. The van der Waals surface area contributed by atoms with E-state index < -0.39 is 0 Å². The molecular weight excluding hydrogens is 368 g/mol. The van der Waals surface area contributed by atoms with Crippen LogP contribution in [0.15, 0.2) is 70.8 Å². The molecule has 4 rings (SSSR count). The average molecular weight is 388 g/mol. The van der Waals surface area contributed by atoms with Gasteiger partial charge in [0.25, 0.3) is 5.91 Å². The summed E-state index contributed by atoms with van der Waals surface area (Å²) in [5.74, 6) is -0.116. The zero-order valence-electron chi connectivity index (χ0n) is 15.9. The molecular formula is C22H20N4OS. The molecule has 2 aromatic carbocycles. The van der Waals surface area contributed by atoms with Gasteiger partial charge in [0.05, 0.1) is 5.56 Å². The van der Waals surface area contributed by atoms with Gasteiger partial charge in [-0.2, -0.15) is 0 Å². The first-order valence-corrected chi connectivity index (χ1v) is 9.77. The van der Waals surface area contributed by atoms with Gasteiger partial charge in [-0.3, -0.25) is 4.79 Å². The predicted molar refractivity (Wildman–Crippen MR) is 113 cm³/mol. The molecule has 0 aliphatic heterocycles. The average Bonchev–Trinajstić information content (AvgIpc) is 3.00. The molecule has 2 heterocycles. The minimum Gasteiger partial charge on any atom is -0.350 e. The second-order valence-corrected chi connectivity index (χ2v) is 7.73. The van der Waals surface area contributed by atoms with Crippen molar-refractivity contribution in [3.8, 4) is 0 Å². The van der Waals surface area contributed by atoms with Crippen molar-refractivity contribution in [2.24, 2.45) is 7.05 Å². The minimum atomic E-state index is -0.116. The van der Waals surface area contributed by atoms with E-state index in [1.54, 1.807) is 0 Å². The van der Waals surface area contributed by atoms with Crippen LogP contribution in [0.3, 0.4) is 0 Å². The van der Waals surface area contributed by atoms with Crippen molar-refractivity contribution in [3.05, 3.63) is 77.7 Å². The van der Waals surface area contributed by atoms with E-state index in [1.807, 2.05) is 86.3 Å². The zero-order valence-corrected chi connectivity index (χ0v) is 16.7. The lowest BCUT2D eigenvalue weighted by atomic mass is 10.1. The second-order valence-electron chi connectivity index (χ2n) is 6.68. The summed E-state index contributed by atoms with van der Waals surface area (Å²) in [6.45, 7) is 3.93. The molecule has 0 bridgehead atoms. The Hall–Kier alpha value is -3.12. The fourth-order valence-electron chi connectivity index (χ4n) is 3.17. The number of anilines is 1. The Bertz CT molecular complexity index is 1140. The fraction of sp³-hybridized carbons (Fsp3) is 0.136. The molecule has 0 saturated heterocycles. The number of benzene rings is 2. The van der Waals surface area contributed by atoms with Crippen LogP contribution in [-0.2, 0) is 7.05 Å². The van der Waals surface area contributed by atoms with Crippen molar-refractivity contribution < 1.29 is 4.79 Å². The third kappa shape index (κ3) is 3.77. The maximum atomic E-state index is 12.7. The SMILES string of the molecule is Cc1cc(C)nc(Sc2ccc(NC(=O)c3cn(C)c4ccccc34)cc2)n1. The van der Waals surface area contributed by atoms with Gasteiger partial charge >= 0.3 is 0 Å². The molecule has 0 unspecified atom stereocenters. The number of hydrogen-bond acceptors (Lipinski definition) is 4. The van der Waals surface area contributed by atoms with Crippen molar-refractivity contribution in [3.63, 3.8) is 0 Å². The van der Waals surface area contributed by atoms with Crippen LogP contribution in [0.5, 0.6) is 0 Å². The number of amides is 1. The van der Waals surface area contributed by atoms with Crippen LogP contribution < -0.4 is 5.32 Å². The number of nitrogens with one attached hydrogen (secondary N) is 1. The third-order valence-electron chi connectivity index (χ3n) is 4.42. The summed E-state index contributed by atoms with van der Waals surface area (Å²) in [5, 5.41) is 4.65. The van der Waals surface area contributed by atoms with Crippen molar-refractivity contribution >= 4 is 34.3 Å². The molecule has 28 heavy (non-hydrogen) atoms. The van der Waals surface area contributed by atoms with E-state index in [4.69, 9.17) is 0 Å². The van der Waals surface area contributed by atoms with E-state index in [2.05, 4.69) is 15.3 Å². The molecule has 0 spiro atoms. The number of carbonyl (C=O) groups excluding carboxylic acids is 1. The van der Waals surface area contributed by atoms with Crippen molar-refractivity contribution in [1.29, 1.82) is 0 Å². The van der Waals surface area contributed by atoms with Crippen LogP contribution in [0.25, 0.3) is 10.9 Å². The quantitative estimate of drug-likeness (QED) is 0.501. The van der Waals surface area contributed by atoms with Gasteiger partial charge in [-0.1, -0.05) is 18.2 Å². The monoisotopic (exact) mass is 388 g/mol. The highest BCUT2D eigenvalue weighted by Gasteiger charge is 2.13. The van der Waals surface area contributed by atoms with Crippen LogP contribution in [0.2, 0.25) is 0 Å². The topological polar surface area (TPSA) is 59.8 Å². The van der Waals surface area contributed by atoms with Crippen LogP contribution in [0, 0.1) is 13.8 Å². The van der Waals surface area contributed by atoms with Gasteiger partial charge in [-0.15, -0.1) is 0 Å². The molecule has 0 fully saturated rings. The molecule has 4 aromatic rings. The highest BCUT2D eigenvalue weighted by Crippen LogP contribution is 2.27. The van der Waals surface area contributed by atoms with Crippen LogP contribution in [-0.4, -0.2) is 20.4 Å². The Kier molecular flexibility index (Phi) is 4.88. The number of carbonyl (C=O) groups is 1. The Labute approximate surface area is 167 Å². The summed E-state index contributed by atoms with van der Waals surface area (Å²) in [6.07, 6.45) is 1.86. The van der Waals surface area contributed by atoms with Gasteiger partial charge in [-0.05, 0) is 62.0 Å². The first-order chi connectivity index (χ1) is 13.5. The van der Waals surface area contributed by atoms with Gasteiger partial charge in [0, 0.05) is 46.1 Å². The highest BCUT2D eigenvalue weighted by atomic mass is 32.2. The van der Waals surface area contributed by atoms with E-state index in [0.29, 0.717) is 5.56 Å². The van der Waals surface area contributed by atoms with Crippen molar-refractivity contribution in [1.82, 2.24) is 14.5 Å². The molecule has 0 aliphatic rings. The number of aryl methyl sites for hydroxylation is 3. The number of hydrogen-bond donors (Lipinski definition) is 1. The van der Waals surface area contributed by atoms with Crippen LogP contribution in [0.4, 0.5) is 5.69 Å². The normalized spacial score (nSPS) is 11.0. The molecule has 5 nitrogen and oxygen atoms in total. The van der Waals surface area contributed by atoms with Gasteiger partial charge < -0.3 is 9.88 Å². The van der Waals surface area contributed by atoms with Crippen molar-refractivity contribution in [2.45, 2.75) is 23.9 Å². The molecule has 6 heteroatoms. The molecule has 1 N–H and O–H groups in total. The predicted octanol–water partition coefficient (Wildman–Crippen LogP) is 4.99. The van der Waals surface area contributed by atoms with Gasteiger partial charge in [0.2, 0.25) is 0 Å². The molecule has 1 amide bonds. The maximum Gasteiger partial charge on any atom is 0.257 e. The highest BCUT2D eigenvalue weighted by molar-refractivity contribution is 7.99. The number of rotatable bonds is 4. The standard InChI is InChI=1S/C22H20N4OS/c1-14-12-15(2)24-22(23-14)28-17-10-8-16(9-11-17)25-21(27)19-13-26(3)20-7-5-4-6-18(19)20/h4-13H,1-3H3,(H,25,27). The lowest BCUT2D eigenvalue weighted by Crippen LogP contribution is -2.11. The largest absolute Gasteiger partial charge is 0.350 e. The van der Waals surface area contributed by atoms with E-state index in [-0.39, 0.29) is 5.91 Å². The van der Waals surface area contributed by atoms with E-state index in [1.165, 1.54) is 11.8 Å². The Balaban J connectivity index is 1.50. The lowest BCUT2D eigenvalue weighted by molar-refractivity contribution is 0.102. The Morgan fingerprint density at radius 2 is 1.68 bits per heavy atom. The molecule has 0 aliphatic carbocycles. The first-order valence-electron chi connectivity index (χ1n) is 8.95. The summed E-state index contributed by atoms with van der Waals surface area (Å²) < 4.78 is 1.97. The third-order valence-corrected chi connectivity index (χ3v) is 5.30. The van der Waals surface area contributed by atoms with E-state index in [9.17, 15) is 4.79 Å². The van der Waals surface area contributed by atoms with Gasteiger partial charge in [0.15, 0.2) is 5.16 Å². The summed E-state index contributed by atoms with van der Waals surface area (Å²) in [4.78, 5) is 22.7. The number of fused-ring (bicyclic) bond motifs is 1. The van der Waals surface area contributed by atoms with E-state index in [0.717, 1.165) is 38.0 Å². The lowest BCUT2D eigenvalue weighted by Gasteiger charge is -2.06. The first kappa shape index (κ1) is 18.3. The van der Waals surface area contributed by atoms with Crippen molar-refractivity contribution in [2.75, 3.05) is 5.32 Å². The van der Waals surface area contributed by atoms with Gasteiger partial charge in [-0.25, -0.2) is 9.97 Å². The Morgan fingerprint density at radius 1 is 1.00 bits per heavy atom. The smallest absolute Gasteiger partial charge is 0.257 e. The number of para-hydroxylation sites is 1.